The number of amides is 1. The number of nitrogens with two attached hydrogens (primary N) is 1. The Morgan fingerprint density at radius 2 is 2.20 bits per heavy atom. The Bertz CT molecular complexity index is 247. The number of carbonyl (C=O) groups is 1. The van der Waals surface area contributed by atoms with Gasteiger partial charge in [0.15, 0.2) is 5.84 Å². The van der Waals surface area contributed by atoms with E-state index in [4.69, 9.17) is 10.9 Å². The van der Waals surface area contributed by atoms with E-state index >= 15 is 0 Å². The monoisotopic (exact) mass is 213 g/mol. The number of carbonyl (C=O) groups excluding carboxylic acids is 1. The van der Waals surface area contributed by atoms with Gasteiger partial charge in [-0.05, 0) is 25.7 Å². The molecule has 0 aromatic carbocycles. The van der Waals surface area contributed by atoms with E-state index in [1.54, 1.807) is 6.92 Å². The van der Waals surface area contributed by atoms with Crippen molar-refractivity contribution in [1.29, 1.82) is 0 Å². The van der Waals surface area contributed by atoms with Crippen molar-refractivity contribution in [2.24, 2.45) is 22.7 Å². The first-order valence-electron chi connectivity index (χ1n) is 5.40. The first-order chi connectivity index (χ1) is 7.15. The number of nitrogens with one attached hydrogen (secondary N) is 1. The molecule has 15 heavy (non-hydrogen) atoms. The van der Waals surface area contributed by atoms with Crippen molar-refractivity contribution in [3.05, 3.63) is 0 Å². The van der Waals surface area contributed by atoms with Crippen molar-refractivity contribution in [3.63, 3.8) is 0 Å². The highest BCUT2D eigenvalue weighted by atomic mass is 16.4. The first kappa shape index (κ1) is 11.8. The van der Waals surface area contributed by atoms with Crippen molar-refractivity contribution >= 4 is 11.7 Å². The van der Waals surface area contributed by atoms with Gasteiger partial charge >= 0.3 is 0 Å². The second kappa shape index (κ2) is 5.58. The van der Waals surface area contributed by atoms with Crippen molar-refractivity contribution in [1.82, 2.24) is 5.32 Å². The summed E-state index contributed by atoms with van der Waals surface area (Å²) in [6.07, 6.45) is 4.91. The maximum absolute atomic E-state index is 11.5. The van der Waals surface area contributed by atoms with Crippen LogP contribution in [-0.4, -0.2) is 23.5 Å². The van der Waals surface area contributed by atoms with Crippen LogP contribution in [0.5, 0.6) is 0 Å². The minimum absolute atomic E-state index is 0.0427. The molecule has 5 nitrogen and oxygen atoms in total. The van der Waals surface area contributed by atoms with E-state index in [2.05, 4.69) is 10.5 Å². The van der Waals surface area contributed by atoms with Gasteiger partial charge in [0.1, 0.15) is 0 Å². The average Bonchev–Trinajstić information content (AvgIpc) is 2.76. The number of hydrogen-bond acceptors (Lipinski definition) is 3. The molecule has 1 aliphatic carbocycles. The molecule has 0 radical (unpaired) electrons. The van der Waals surface area contributed by atoms with Crippen LogP contribution in [0.15, 0.2) is 5.16 Å². The quantitative estimate of drug-likeness (QED) is 0.278. The third kappa shape index (κ3) is 3.42. The van der Waals surface area contributed by atoms with Crippen molar-refractivity contribution in [3.8, 4) is 0 Å². The van der Waals surface area contributed by atoms with Crippen LogP contribution in [0.4, 0.5) is 0 Å². The molecule has 4 N–H and O–H groups in total. The Morgan fingerprint density at radius 3 is 2.73 bits per heavy atom. The van der Waals surface area contributed by atoms with Gasteiger partial charge in [-0.15, -0.1) is 0 Å². The highest BCUT2D eigenvalue weighted by Gasteiger charge is 2.20. The molecule has 0 aromatic rings. The van der Waals surface area contributed by atoms with Gasteiger partial charge in [0.2, 0.25) is 5.91 Å². The van der Waals surface area contributed by atoms with Crippen LogP contribution >= 0.6 is 0 Å². The van der Waals surface area contributed by atoms with Gasteiger partial charge in [-0.1, -0.05) is 18.0 Å². The van der Waals surface area contributed by atoms with Gasteiger partial charge in [-0.25, -0.2) is 0 Å². The van der Waals surface area contributed by atoms with Crippen LogP contribution in [0, 0.1) is 11.8 Å². The fourth-order valence-electron chi connectivity index (χ4n) is 1.83. The second-order valence-corrected chi connectivity index (χ2v) is 4.14. The summed E-state index contributed by atoms with van der Waals surface area (Å²) in [7, 11) is 0. The van der Waals surface area contributed by atoms with E-state index in [9.17, 15) is 4.79 Å². The summed E-state index contributed by atoms with van der Waals surface area (Å²) >= 11 is 0. The van der Waals surface area contributed by atoms with Gasteiger partial charge in [0.05, 0.1) is 5.92 Å². The van der Waals surface area contributed by atoms with Crippen LogP contribution < -0.4 is 11.1 Å². The molecule has 0 bridgehead atoms. The second-order valence-electron chi connectivity index (χ2n) is 4.14. The van der Waals surface area contributed by atoms with Crippen molar-refractivity contribution in [2.45, 2.75) is 32.6 Å². The maximum Gasteiger partial charge on any atom is 0.230 e. The van der Waals surface area contributed by atoms with Gasteiger partial charge in [0.25, 0.3) is 0 Å². The lowest BCUT2D eigenvalue weighted by Crippen LogP contribution is -2.38. The van der Waals surface area contributed by atoms with E-state index < -0.39 is 5.92 Å². The predicted octanol–water partition coefficient (Wildman–Crippen LogP) is 0.675. The zero-order chi connectivity index (χ0) is 11.3. The fourth-order valence-corrected chi connectivity index (χ4v) is 1.83. The SMILES string of the molecule is CC(C(=O)NCC1CCCC1)C(N)=NO. The summed E-state index contributed by atoms with van der Waals surface area (Å²) in [5, 5.41) is 14.1. The number of rotatable bonds is 4. The van der Waals surface area contributed by atoms with E-state index in [1.807, 2.05) is 0 Å². The summed E-state index contributed by atoms with van der Waals surface area (Å²) in [6.45, 7) is 2.33. The van der Waals surface area contributed by atoms with Crippen LogP contribution in [0.2, 0.25) is 0 Å². The Kier molecular flexibility index (Phi) is 4.39. The Labute approximate surface area is 89.7 Å². The van der Waals surface area contributed by atoms with Crippen LogP contribution in [-0.2, 0) is 4.79 Å². The third-order valence-corrected chi connectivity index (χ3v) is 2.99. The molecule has 0 heterocycles. The Morgan fingerprint density at radius 1 is 1.60 bits per heavy atom. The normalized spacial score (nSPS) is 20.2. The lowest BCUT2D eigenvalue weighted by molar-refractivity contribution is -0.122. The zero-order valence-corrected chi connectivity index (χ0v) is 9.07. The highest BCUT2D eigenvalue weighted by molar-refractivity contribution is 6.01. The predicted molar refractivity (Wildman–Crippen MR) is 57.5 cm³/mol. The molecule has 0 aliphatic heterocycles. The van der Waals surface area contributed by atoms with Crippen LogP contribution in [0.25, 0.3) is 0 Å². The van der Waals surface area contributed by atoms with Crippen molar-refractivity contribution in [2.75, 3.05) is 6.54 Å². The molecule has 1 aliphatic rings. The first-order valence-corrected chi connectivity index (χ1v) is 5.40. The van der Waals surface area contributed by atoms with E-state index in [0.717, 1.165) is 0 Å². The topological polar surface area (TPSA) is 87.7 Å². The molecule has 86 valence electrons. The molecule has 0 spiro atoms. The van der Waals surface area contributed by atoms with Crippen molar-refractivity contribution < 1.29 is 10.0 Å². The third-order valence-electron chi connectivity index (χ3n) is 2.99. The summed E-state index contributed by atoms with van der Waals surface area (Å²) in [5.41, 5.74) is 5.34. The maximum atomic E-state index is 11.5. The number of hydrogen-bond donors (Lipinski definition) is 3. The molecule has 0 aromatic heterocycles. The lowest BCUT2D eigenvalue weighted by atomic mass is 10.1. The number of amidine groups is 1. The van der Waals surface area contributed by atoms with Gasteiger partial charge in [-0.3, -0.25) is 4.79 Å². The molecular formula is C10H19N3O2. The number of nitrogens with zero attached hydrogens (tertiary/aromatic N) is 1. The summed E-state index contributed by atoms with van der Waals surface area (Å²) < 4.78 is 0. The highest BCUT2D eigenvalue weighted by Crippen LogP contribution is 2.23. The van der Waals surface area contributed by atoms with E-state index in [0.29, 0.717) is 12.5 Å². The molecule has 1 fully saturated rings. The summed E-state index contributed by atoms with van der Waals surface area (Å²) in [6, 6.07) is 0. The van der Waals surface area contributed by atoms with Gasteiger partial charge < -0.3 is 16.3 Å². The van der Waals surface area contributed by atoms with E-state index in [-0.39, 0.29) is 11.7 Å². The van der Waals surface area contributed by atoms with E-state index in [1.165, 1.54) is 25.7 Å². The standard InChI is InChI=1S/C10H19N3O2/c1-7(9(11)13-15)10(14)12-6-8-4-2-3-5-8/h7-8,15H,2-6H2,1H3,(H2,11,13)(H,12,14). The van der Waals surface area contributed by atoms with Crippen LogP contribution in [0.3, 0.4) is 0 Å². The molecule has 0 saturated heterocycles. The Balaban J connectivity index is 2.28. The van der Waals surface area contributed by atoms with Gasteiger partial charge in [0, 0.05) is 6.54 Å². The molecule has 1 saturated carbocycles. The minimum Gasteiger partial charge on any atom is -0.409 e. The molecule has 5 heteroatoms. The lowest BCUT2D eigenvalue weighted by Gasteiger charge is -2.13. The fraction of sp³-hybridized carbons (Fsp3) is 0.800. The molecule has 1 amide bonds. The molecule has 1 atom stereocenters. The largest absolute Gasteiger partial charge is 0.409 e. The molecular weight excluding hydrogens is 194 g/mol. The zero-order valence-electron chi connectivity index (χ0n) is 9.07. The Hall–Kier alpha value is -1.26. The molecule has 1 rings (SSSR count). The molecule has 1 unspecified atom stereocenters. The number of oxime groups is 1. The van der Waals surface area contributed by atoms with Gasteiger partial charge in [-0.2, -0.15) is 0 Å². The minimum atomic E-state index is -0.559. The summed E-state index contributed by atoms with van der Waals surface area (Å²) in [5.74, 6) is -0.166. The smallest absolute Gasteiger partial charge is 0.230 e. The van der Waals surface area contributed by atoms with Crippen LogP contribution in [0.1, 0.15) is 32.6 Å². The summed E-state index contributed by atoms with van der Waals surface area (Å²) in [4.78, 5) is 11.5. The average molecular weight is 213 g/mol.